The summed E-state index contributed by atoms with van der Waals surface area (Å²) in [4.78, 5) is 24.3. The van der Waals surface area contributed by atoms with Crippen molar-refractivity contribution in [2.24, 2.45) is 0 Å². The lowest BCUT2D eigenvalue weighted by atomic mass is 10.1. The fraction of sp³-hybridized carbons (Fsp3) is 0.348. The van der Waals surface area contributed by atoms with E-state index in [2.05, 4.69) is 26.7 Å². The number of piperazine rings is 1. The maximum atomic E-state index is 13.1. The minimum Gasteiger partial charge on any atom is -0.368 e. The van der Waals surface area contributed by atoms with Crippen LogP contribution in [-0.2, 0) is 12.2 Å². The Labute approximate surface area is 190 Å². The number of hydrogen-bond donors (Lipinski definition) is 1. The fourth-order valence-electron chi connectivity index (χ4n) is 3.71. The van der Waals surface area contributed by atoms with Gasteiger partial charge in [-0.2, -0.15) is 0 Å². The second-order valence-corrected chi connectivity index (χ2v) is 9.23. The molecule has 31 heavy (non-hydrogen) atoms. The number of rotatable bonds is 5. The van der Waals surface area contributed by atoms with Crippen molar-refractivity contribution in [3.05, 3.63) is 70.0 Å². The van der Waals surface area contributed by atoms with Crippen LogP contribution in [0.1, 0.15) is 24.7 Å². The van der Waals surface area contributed by atoms with Crippen LogP contribution >= 0.6 is 24.0 Å². The number of aryl methyl sites for hydroxylation is 1. The Balaban J connectivity index is 1.34. The summed E-state index contributed by atoms with van der Waals surface area (Å²) < 4.78 is 14.0. The van der Waals surface area contributed by atoms with Crippen molar-refractivity contribution in [2.75, 3.05) is 31.1 Å². The number of anilines is 1. The first kappa shape index (κ1) is 21.8. The van der Waals surface area contributed by atoms with E-state index in [0.717, 1.165) is 65.9 Å². The zero-order valence-electron chi connectivity index (χ0n) is 17.4. The zero-order valence-corrected chi connectivity index (χ0v) is 19.1. The van der Waals surface area contributed by atoms with Gasteiger partial charge >= 0.3 is 0 Å². The number of benzene rings is 2. The third kappa shape index (κ3) is 5.25. The van der Waals surface area contributed by atoms with Crippen molar-refractivity contribution >= 4 is 44.9 Å². The molecule has 1 fully saturated rings. The van der Waals surface area contributed by atoms with Crippen molar-refractivity contribution in [1.82, 2.24) is 14.9 Å². The topological polar surface area (TPSA) is 52.2 Å². The molecule has 1 N–H and O–H groups in total. The highest BCUT2D eigenvalue weighted by molar-refractivity contribution is 8.22. The SMILES string of the molecule is CCCc1nc2ccc(CSC(=S)N3CCN(c4ccc(F)cc4)CC3)cc2c(=O)[nH]1. The van der Waals surface area contributed by atoms with Crippen molar-refractivity contribution in [3.63, 3.8) is 0 Å². The molecule has 2 heterocycles. The maximum Gasteiger partial charge on any atom is 0.258 e. The first-order valence-corrected chi connectivity index (χ1v) is 11.9. The van der Waals surface area contributed by atoms with Crippen molar-refractivity contribution in [1.29, 1.82) is 0 Å². The minimum atomic E-state index is -0.215. The van der Waals surface area contributed by atoms with Crippen LogP contribution in [-0.4, -0.2) is 45.4 Å². The minimum absolute atomic E-state index is 0.0835. The summed E-state index contributed by atoms with van der Waals surface area (Å²) in [5.41, 5.74) is 2.75. The van der Waals surface area contributed by atoms with E-state index in [1.807, 2.05) is 30.3 Å². The second-order valence-electron chi connectivity index (χ2n) is 7.62. The summed E-state index contributed by atoms with van der Waals surface area (Å²) in [6.45, 7) is 5.44. The first-order chi connectivity index (χ1) is 15.0. The normalized spacial score (nSPS) is 14.3. The molecule has 0 atom stereocenters. The number of fused-ring (bicyclic) bond motifs is 1. The summed E-state index contributed by atoms with van der Waals surface area (Å²) in [5.74, 6) is 1.24. The van der Waals surface area contributed by atoms with Crippen LogP contribution in [0.15, 0.2) is 47.3 Å². The Bertz CT molecular complexity index is 1120. The van der Waals surface area contributed by atoms with Gasteiger partial charge in [-0.15, -0.1) is 0 Å². The summed E-state index contributed by atoms with van der Waals surface area (Å²) in [7, 11) is 0. The molecule has 1 saturated heterocycles. The molecule has 2 aromatic carbocycles. The van der Waals surface area contributed by atoms with Gasteiger partial charge in [-0.05, 0) is 48.4 Å². The van der Waals surface area contributed by atoms with Gasteiger partial charge < -0.3 is 14.8 Å². The van der Waals surface area contributed by atoms with Gasteiger partial charge in [0.05, 0.1) is 10.9 Å². The van der Waals surface area contributed by atoms with E-state index in [0.29, 0.717) is 11.1 Å². The summed E-state index contributed by atoms with van der Waals surface area (Å²) in [6, 6.07) is 12.5. The van der Waals surface area contributed by atoms with E-state index in [9.17, 15) is 9.18 Å². The quantitative estimate of drug-likeness (QED) is 0.576. The smallest absolute Gasteiger partial charge is 0.258 e. The number of thiocarbonyl (C=S) groups is 1. The largest absolute Gasteiger partial charge is 0.368 e. The van der Waals surface area contributed by atoms with Crippen LogP contribution in [0.5, 0.6) is 0 Å². The molecule has 0 spiro atoms. The molecule has 162 valence electrons. The number of thioether (sulfide) groups is 1. The van der Waals surface area contributed by atoms with E-state index < -0.39 is 0 Å². The average molecular weight is 457 g/mol. The predicted octanol–water partition coefficient (Wildman–Crippen LogP) is 4.36. The van der Waals surface area contributed by atoms with Gasteiger partial charge in [0.15, 0.2) is 0 Å². The van der Waals surface area contributed by atoms with Gasteiger partial charge in [0, 0.05) is 44.0 Å². The number of halogens is 1. The molecule has 1 aliphatic rings. The van der Waals surface area contributed by atoms with E-state index in [-0.39, 0.29) is 11.4 Å². The average Bonchev–Trinajstić information content (AvgIpc) is 2.78. The van der Waals surface area contributed by atoms with Gasteiger partial charge in [-0.3, -0.25) is 4.79 Å². The maximum absolute atomic E-state index is 13.1. The van der Waals surface area contributed by atoms with Crippen LogP contribution in [0.2, 0.25) is 0 Å². The summed E-state index contributed by atoms with van der Waals surface area (Å²) >= 11 is 7.27. The van der Waals surface area contributed by atoms with E-state index in [1.165, 1.54) is 12.1 Å². The lowest BCUT2D eigenvalue weighted by Gasteiger charge is -2.37. The highest BCUT2D eigenvalue weighted by atomic mass is 32.2. The number of aromatic amines is 1. The molecule has 0 bridgehead atoms. The lowest BCUT2D eigenvalue weighted by Crippen LogP contribution is -2.47. The molecule has 0 amide bonds. The third-order valence-electron chi connectivity index (χ3n) is 5.40. The third-order valence-corrected chi connectivity index (χ3v) is 6.99. The molecule has 1 aromatic heterocycles. The molecule has 3 aromatic rings. The number of aromatic nitrogens is 2. The Morgan fingerprint density at radius 1 is 1.16 bits per heavy atom. The van der Waals surface area contributed by atoms with Crippen LogP contribution < -0.4 is 10.5 Å². The molecule has 8 heteroatoms. The van der Waals surface area contributed by atoms with Gasteiger partial charge in [0.25, 0.3) is 5.56 Å². The van der Waals surface area contributed by atoms with E-state index in [4.69, 9.17) is 12.2 Å². The molecule has 0 saturated carbocycles. The fourth-order valence-corrected chi connectivity index (χ4v) is 4.91. The molecular formula is C23H25FN4OS2. The Hall–Kier alpha value is -2.45. The predicted molar refractivity (Wildman–Crippen MR) is 130 cm³/mol. The van der Waals surface area contributed by atoms with Gasteiger partial charge in [0.2, 0.25) is 0 Å². The van der Waals surface area contributed by atoms with Crippen LogP contribution in [0.4, 0.5) is 10.1 Å². The van der Waals surface area contributed by atoms with Crippen LogP contribution in [0, 0.1) is 5.82 Å². The van der Waals surface area contributed by atoms with Crippen LogP contribution in [0.3, 0.4) is 0 Å². The number of hydrogen-bond acceptors (Lipinski definition) is 5. The Kier molecular flexibility index (Phi) is 6.87. The number of nitrogens with one attached hydrogen (secondary N) is 1. The van der Waals surface area contributed by atoms with Crippen LogP contribution in [0.25, 0.3) is 10.9 Å². The molecule has 4 rings (SSSR count). The molecule has 0 unspecified atom stereocenters. The molecule has 0 radical (unpaired) electrons. The Morgan fingerprint density at radius 3 is 2.61 bits per heavy atom. The molecule has 5 nitrogen and oxygen atoms in total. The standard InChI is InChI=1S/C23H25FN4OS2/c1-2-3-21-25-20-9-4-16(14-19(20)22(29)26-21)15-31-23(30)28-12-10-27(11-13-28)18-7-5-17(24)6-8-18/h4-9,14H,2-3,10-13,15H2,1H3,(H,25,26,29). The highest BCUT2D eigenvalue weighted by Gasteiger charge is 2.19. The summed E-state index contributed by atoms with van der Waals surface area (Å²) in [5, 5.41) is 0.622. The van der Waals surface area contributed by atoms with Crippen molar-refractivity contribution in [2.45, 2.75) is 25.5 Å². The monoisotopic (exact) mass is 456 g/mol. The summed E-state index contributed by atoms with van der Waals surface area (Å²) in [6.07, 6.45) is 1.71. The molecule has 1 aliphatic heterocycles. The van der Waals surface area contributed by atoms with Crippen molar-refractivity contribution < 1.29 is 4.39 Å². The second kappa shape index (κ2) is 9.78. The van der Waals surface area contributed by atoms with Gasteiger partial charge in [0.1, 0.15) is 16.0 Å². The van der Waals surface area contributed by atoms with Gasteiger partial charge in [-0.1, -0.05) is 37.0 Å². The van der Waals surface area contributed by atoms with Gasteiger partial charge in [-0.25, -0.2) is 9.37 Å². The van der Waals surface area contributed by atoms with E-state index >= 15 is 0 Å². The molecule has 0 aliphatic carbocycles. The number of H-pyrrole nitrogens is 1. The lowest BCUT2D eigenvalue weighted by molar-refractivity contribution is 0.397. The van der Waals surface area contributed by atoms with E-state index in [1.54, 1.807) is 11.8 Å². The zero-order chi connectivity index (χ0) is 21.8. The number of nitrogens with zero attached hydrogens (tertiary/aromatic N) is 3. The van der Waals surface area contributed by atoms with Crippen molar-refractivity contribution in [3.8, 4) is 0 Å². The molecular weight excluding hydrogens is 431 g/mol. The Morgan fingerprint density at radius 2 is 1.90 bits per heavy atom. The first-order valence-electron chi connectivity index (χ1n) is 10.5. The highest BCUT2D eigenvalue weighted by Crippen LogP contribution is 2.22.